The number of carbonyl (C=O) groups is 2. The van der Waals surface area contributed by atoms with Crippen LogP contribution >= 0.6 is 11.8 Å². The van der Waals surface area contributed by atoms with E-state index in [-0.39, 0.29) is 30.4 Å². The molecule has 4 aromatic rings. The lowest BCUT2D eigenvalue weighted by molar-refractivity contribution is -0.120. The Hall–Kier alpha value is -3.65. The molecule has 1 aromatic heterocycles. The van der Waals surface area contributed by atoms with Gasteiger partial charge in [-0.15, -0.1) is 10.2 Å². The average Bonchev–Trinajstić information content (AvgIpc) is 3.20. The van der Waals surface area contributed by atoms with Crippen LogP contribution in [0, 0.1) is 0 Å². The number of nitrogens with zero attached hydrogens (tertiary/aromatic N) is 3. The van der Waals surface area contributed by atoms with Gasteiger partial charge in [-0.1, -0.05) is 60.3 Å². The van der Waals surface area contributed by atoms with Crippen LogP contribution in [0.15, 0.2) is 71.9 Å². The van der Waals surface area contributed by atoms with E-state index >= 15 is 0 Å². The number of hydrogen-bond acceptors (Lipinski definition) is 6. The highest BCUT2D eigenvalue weighted by molar-refractivity contribution is 7.99. The average molecular weight is 461 g/mol. The molecule has 0 aliphatic heterocycles. The smallest absolute Gasteiger partial charge is 0.224 e. The standard InChI is InChI=1S/C25H24N4O3S/c1-29-23(15-26-24(31)13-17-7-11-21(32-2)12-8-17)27-28-25(29)33-16-22(30)20-10-9-18-5-3-4-6-19(18)14-20/h3-12,14H,13,15-16H2,1-2H3,(H,26,31). The molecule has 4 rings (SSSR count). The third kappa shape index (κ3) is 5.59. The van der Waals surface area contributed by atoms with Crippen molar-refractivity contribution in [3.05, 3.63) is 83.7 Å². The number of ketones is 1. The zero-order valence-electron chi connectivity index (χ0n) is 18.4. The van der Waals surface area contributed by atoms with Gasteiger partial charge < -0.3 is 14.6 Å². The Balaban J connectivity index is 1.30. The molecule has 0 aliphatic carbocycles. The Morgan fingerprint density at radius 1 is 1.00 bits per heavy atom. The number of fused-ring (bicyclic) bond motifs is 1. The van der Waals surface area contributed by atoms with Crippen molar-refractivity contribution in [2.45, 2.75) is 18.1 Å². The first kappa shape index (κ1) is 22.5. The van der Waals surface area contributed by atoms with Gasteiger partial charge in [0.1, 0.15) is 5.75 Å². The molecule has 0 aliphatic rings. The minimum absolute atomic E-state index is 0.0306. The Morgan fingerprint density at radius 2 is 1.76 bits per heavy atom. The molecule has 1 N–H and O–H groups in total. The van der Waals surface area contributed by atoms with Crippen molar-refractivity contribution < 1.29 is 14.3 Å². The van der Waals surface area contributed by atoms with Crippen LogP contribution in [0.4, 0.5) is 0 Å². The summed E-state index contributed by atoms with van der Waals surface area (Å²) >= 11 is 1.33. The molecule has 1 amide bonds. The molecule has 8 heteroatoms. The van der Waals surface area contributed by atoms with Gasteiger partial charge in [-0.05, 0) is 34.5 Å². The second kappa shape index (κ2) is 10.3. The Kier molecular flexibility index (Phi) is 7.04. The molecule has 0 spiro atoms. The van der Waals surface area contributed by atoms with Crippen LogP contribution < -0.4 is 10.1 Å². The maximum Gasteiger partial charge on any atom is 0.224 e. The van der Waals surface area contributed by atoms with Gasteiger partial charge in [0.25, 0.3) is 0 Å². The van der Waals surface area contributed by atoms with Crippen LogP contribution in [0.1, 0.15) is 21.7 Å². The van der Waals surface area contributed by atoms with Crippen molar-refractivity contribution in [2.75, 3.05) is 12.9 Å². The predicted molar refractivity (Wildman–Crippen MR) is 129 cm³/mol. The number of carbonyl (C=O) groups excluding carboxylic acids is 2. The van der Waals surface area contributed by atoms with E-state index in [9.17, 15) is 9.59 Å². The second-order valence-electron chi connectivity index (χ2n) is 7.53. The van der Waals surface area contributed by atoms with E-state index < -0.39 is 0 Å². The number of Topliss-reactive ketones (excluding diaryl/α,β-unsaturated/α-hetero) is 1. The van der Waals surface area contributed by atoms with Crippen molar-refractivity contribution in [3.63, 3.8) is 0 Å². The lowest BCUT2D eigenvalue weighted by Crippen LogP contribution is -2.26. The van der Waals surface area contributed by atoms with Gasteiger partial charge in [0.05, 0.1) is 25.8 Å². The zero-order chi connectivity index (χ0) is 23.2. The third-order valence-corrected chi connectivity index (χ3v) is 6.32. The zero-order valence-corrected chi connectivity index (χ0v) is 19.3. The first-order chi connectivity index (χ1) is 16.0. The third-order valence-electron chi connectivity index (χ3n) is 5.30. The summed E-state index contributed by atoms with van der Waals surface area (Å²) in [6.07, 6.45) is 0.268. The SMILES string of the molecule is COc1ccc(CC(=O)NCc2nnc(SCC(=O)c3ccc4ccccc4c3)n2C)cc1. The molecule has 0 atom stereocenters. The van der Waals surface area contributed by atoms with E-state index in [2.05, 4.69) is 15.5 Å². The number of ether oxygens (including phenoxy) is 1. The van der Waals surface area contributed by atoms with Gasteiger partial charge >= 0.3 is 0 Å². The predicted octanol–water partition coefficient (Wildman–Crippen LogP) is 3.81. The summed E-state index contributed by atoms with van der Waals surface area (Å²) in [5.74, 6) is 1.56. The van der Waals surface area contributed by atoms with Crippen molar-refractivity contribution in [2.24, 2.45) is 7.05 Å². The molecule has 0 fully saturated rings. The van der Waals surface area contributed by atoms with E-state index in [1.165, 1.54) is 11.8 Å². The summed E-state index contributed by atoms with van der Waals surface area (Å²) in [5, 5.41) is 14.0. The summed E-state index contributed by atoms with van der Waals surface area (Å²) in [4.78, 5) is 24.9. The quantitative estimate of drug-likeness (QED) is 0.302. The fraction of sp³-hybridized carbons (Fsp3) is 0.200. The fourth-order valence-electron chi connectivity index (χ4n) is 3.37. The summed E-state index contributed by atoms with van der Waals surface area (Å²) in [6, 6.07) is 21.1. The van der Waals surface area contributed by atoms with E-state index in [0.29, 0.717) is 16.5 Å². The Labute approximate surface area is 196 Å². The molecule has 0 bridgehead atoms. The van der Waals surface area contributed by atoms with E-state index in [4.69, 9.17) is 4.74 Å². The van der Waals surface area contributed by atoms with Gasteiger partial charge in [-0.2, -0.15) is 0 Å². The lowest BCUT2D eigenvalue weighted by Gasteiger charge is -2.07. The molecule has 3 aromatic carbocycles. The maximum atomic E-state index is 12.7. The van der Waals surface area contributed by atoms with Crippen LogP contribution in [0.3, 0.4) is 0 Å². The molecular formula is C25H24N4O3S. The number of nitrogens with one attached hydrogen (secondary N) is 1. The molecular weight excluding hydrogens is 436 g/mol. The van der Waals surface area contributed by atoms with Crippen LogP contribution in [-0.4, -0.2) is 39.3 Å². The van der Waals surface area contributed by atoms with Crippen molar-refractivity contribution in [1.82, 2.24) is 20.1 Å². The van der Waals surface area contributed by atoms with Gasteiger partial charge in [0.2, 0.25) is 5.91 Å². The highest BCUT2D eigenvalue weighted by atomic mass is 32.2. The summed E-state index contributed by atoms with van der Waals surface area (Å²) in [6.45, 7) is 0.262. The van der Waals surface area contributed by atoms with E-state index in [0.717, 1.165) is 22.1 Å². The largest absolute Gasteiger partial charge is 0.497 e. The molecule has 33 heavy (non-hydrogen) atoms. The molecule has 0 radical (unpaired) electrons. The number of rotatable bonds is 9. The van der Waals surface area contributed by atoms with Gasteiger partial charge in [-0.3, -0.25) is 9.59 Å². The van der Waals surface area contributed by atoms with Crippen LogP contribution in [-0.2, 0) is 24.8 Å². The minimum Gasteiger partial charge on any atom is -0.497 e. The summed E-state index contributed by atoms with van der Waals surface area (Å²) in [7, 11) is 3.43. The number of methoxy groups -OCH3 is 1. The number of amides is 1. The summed E-state index contributed by atoms with van der Waals surface area (Å²) < 4.78 is 6.93. The molecule has 0 unspecified atom stereocenters. The van der Waals surface area contributed by atoms with Gasteiger partial charge in [-0.25, -0.2) is 0 Å². The molecule has 0 saturated heterocycles. The molecule has 0 saturated carbocycles. The normalized spacial score (nSPS) is 10.8. The highest BCUT2D eigenvalue weighted by Gasteiger charge is 2.14. The molecule has 7 nitrogen and oxygen atoms in total. The molecule has 1 heterocycles. The molecule has 168 valence electrons. The number of aromatic nitrogens is 3. The van der Waals surface area contributed by atoms with Crippen molar-refractivity contribution in [1.29, 1.82) is 0 Å². The second-order valence-corrected chi connectivity index (χ2v) is 8.48. The first-order valence-corrected chi connectivity index (χ1v) is 11.4. The van der Waals surface area contributed by atoms with E-state index in [1.807, 2.05) is 73.8 Å². The Morgan fingerprint density at radius 3 is 2.52 bits per heavy atom. The Bertz CT molecular complexity index is 1280. The number of benzene rings is 3. The minimum atomic E-state index is -0.108. The van der Waals surface area contributed by atoms with Gasteiger partial charge in [0, 0.05) is 12.6 Å². The maximum absolute atomic E-state index is 12.7. The summed E-state index contributed by atoms with van der Waals surface area (Å²) in [5.41, 5.74) is 1.57. The van der Waals surface area contributed by atoms with Crippen LogP contribution in [0.25, 0.3) is 10.8 Å². The highest BCUT2D eigenvalue weighted by Crippen LogP contribution is 2.20. The van der Waals surface area contributed by atoms with E-state index in [1.54, 1.807) is 11.7 Å². The number of thioether (sulfide) groups is 1. The lowest BCUT2D eigenvalue weighted by atomic mass is 10.1. The fourth-order valence-corrected chi connectivity index (χ4v) is 4.19. The van der Waals surface area contributed by atoms with Gasteiger partial charge in [0.15, 0.2) is 16.8 Å². The van der Waals surface area contributed by atoms with Crippen LogP contribution in [0.2, 0.25) is 0 Å². The first-order valence-electron chi connectivity index (χ1n) is 10.5. The van der Waals surface area contributed by atoms with Crippen molar-refractivity contribution >= 4 is 34.2 Å². The van der Waals surface area contributed by atoms with Crippen molar-refractivity contribution in [3.8, 4) is 5.75 Å². The van der Waals surface area contributed by atoms with Crippen LogP contribution in [0.5, 0.6) is 5.75 Å². The number of hydrogen-bond donors (Lipinski definition) is 1. The monoisotopic (exact) mass is 460 g/mol. The topological polar surface area (TPSA) is 86.1 Å².